The average Bonchev–Trinajstić information content (AvgIpc) is 2.71. The van der Waals surface area contributed by atoms with Gasteiger partial charge in [-0.25, -0.2) is 0 Å². The largest absolute Gasteiger partial charge is 0.399 e. The van der Waals surface area contributed by atoms with Crippen molar-refractivity contribution in [3.05, 3.63) is 29.3 Å². The molecule has 3 nitrogen and oxygen atoms in total. The molecule has 98 valence electrons. The fraction of sp³-hybridized carbons (Fsp3) is 0.533. The third kappa shape index (κ3) is 2.35. The normalized spacial score (nSPS) is 18.5. The van der Waals surface area contributed by atoms with Gasteiger partial charge in [0.15, 0.2) is 0 Å². The molecular weight excluding hydrogens is 224 g/mol. The Morgan fingerprint density at radius 2 is 2.22 bits per heavy atom. The first-order valence-corrected chi connectivity index (χ1v) is 6.63. The topological polar surface area (TPSA) is 55.1 Å². The molecule has 1 aliphatic carbocycles. The Hall–Kier alpha value is -1.51. The second-order valence-electron chi connectivity index (χ2n) is 5.76. The Morgan fingerprint density at radius 3 is 2.89 bits per heavy atom. The van der Waals surface area contributed by atoms with Gasteiger partial charge in [0.2, 0.25) is 5.91 Å². The minimum Gasteiger partial charge on any atom is -0.399 e. The second-order valence-corrected chi connectivity index (χ2v) is 5.76. The molecule has 1 amide bonds. The summed E-state index contributed by atoms with van der Waals surface area (Å²) in [6.07, 6.45) is 2.82. The van der Waals surface area contributed by atoms with E-state index in [4.69, 9.17) is 5.73 Å². The van der Waals surface area contributed by atoms with Crippen LogP contribution in [0.25, 0.3) is 0 Å². The summed E-state index contributed by atoms with van der Waals surface area (Å²) in [4.78, 5) is 12.2. The summed E-state index contributed by atoms with van der Waals surface area (Å²) in [6.45, 7) is 6.02. The number of hydrogen-bond donors (Lipinski definition) is 2. The molecule has 0 heterocycles. The maximum atomic E-state index is 12.2. The lowest BCUT2D eigenvalue weighted by molar-refractivity contribution is -0.130. The number of hydrogen-bond acceptors (Lipinski definition) is 2. The third-order valence-electron chi connectivity index (χ3n) is 4.05. The highest BCUT2D eigenvalue weighted by atomic mass is 16.2. The standard InChI is InChI=1S/C15H22N2O/c1-4-15(2,3)14(18)17-13-8-5-10-9-11(16)6-7-12(10)13/h6-7,9,13H,4-5,8,16H2,1-3H3,(H,17,18). The van der Waals surface area contributed by atoms with Crippen LogP contribution in [0.4, 0.5) is 5.69 Å². The van der Waals surface area contributed by atoms with Crippen molar-refractivity contribution in [3.8, 4) is 0 Å². The summed E-state index contributed by atoms with van der Waals surface area (Å²) in [6, 6.07) is 6.13. The first-order valence-electron chi connectivity index (χ1n) is 6.63. The minimum atomic E-state index is -0.295. The lowest BCUT2D eigenvalue weighted by Gasteiger charge is -2.24. The number of benzene rings is 1. The molecule has 0 spiro atoms. The predicted molar refractivity (Wildman–Crippen MR) is 74.1 cm³/mol. The van der Waals surface area contributed by atoms with Crippen LogP contribution in [-0.2, 0) is 11.2 Å². The van der Waals surface area contributed by atoms with Gasteiger partial charge in [-0.05, 0) is 42.5 Å². The van der Waals surface area contributed by atoms with E-state index in [0.29, 0.717) is 0 Å². The van der Waals surface area contributed by atoms with Crippen molar-refractivity contribution >= 4 is 11.6 Å². The molecule has 3 N–H and O–H groups in total. The van der Waals surface area contributed by atoms with Crippen molar-refractivity contribution in [3.63, 3.8) is 0 Å². The van der Waals surface area contributed by atoms with Crippen molar-refractivity contribution in [1.29, 1.82) is 0 Å². The van der Waals surface area contributed by atoms with E-state index in [1.165, 1.54) is 11.1 Å². The Morgan fingerprint density at radius 1 is 1.50 bits per heavy atom. The Bertz CT molecular complexity index is 466. The van der Waals surface area contributed by atoms with Gasteiger partial charge in [-0.15, -0.1) is 0 Å². The first-order chi connectivity index (χ1) is 8.44. The zero-order chi connectivity index (χ0) is 13.3. The van der Waals surface area contributed by atoms with Crippen LogP contribution in [0.15, 0.2) is 18.2 Å². The van der Waals surface area contributed by atoms with Gasteiger partial charge < -0.3 is 11.1 Å². The van der Waals surface area contributed by atoms with Crippen LogP contribution >= 0.6 is 0 Å². The molecular formula is C15H22N2O. The molecule has 0 bridgehead atoms. The highest BCUT2D eigenvalue weighted by molar-refractivity contribution is 5.82. The van der Waals surface area contributed by atoms with Crippen LogP contribution < -0.4 is 11.1 Å². The lowest BCUT2D eigenvalue weighted by atomic mass is 9.88. The second kappa shape index (κ2) is 4.63. The molecule has 1 unspecified atom stereocenters. The molecule has 2 rings (SSSR count). The molecule has 0 radical (unpaired) electrons. The van der Waals surface area contributed by atoms with Crippen LogP contribution in [0.5, 0.6) is 0 Å². The quantitative estimate of drug-likeness (QED) is 0.806. The SMILES string of the molecule is CCC(C)(C)C(=O)NC1CCc2cc(N)ccc21. The number of nitrogen functional groups attached to an aromatic ring is 1. The van der Waals surface area contributed by atoms with Gasteiger partial charge in [0.1, 0.15) is 0 Å². The molecule has 0 saturated heterocycles. The van der Waals surface area contributed by atoms with Crippen LogP contribution in [0.3, 0.4) is 0 Å². The Labute approximate surface area is 109 Å². The number of rotatable bonds is 3. The average molecular weight is 246 g/mol. The number of nitrogens with one attached hydrogen (secondary N) is 1. The fourth-order valence-corrected chi connectivity index (χ4v) is 2.30. The zero-order valence-electron chi connectivity index (χ0n) is 11.4. The van der Waals surface area contributed by atoms with E-state index in [1.807, 2.05) is 39.0 Å². The Kier molecular flexibility index (Phi) is 3.33. The maximum absolute atomic E-state index is 12.2. The predicted octanol–water partition coefficient (Wildman–Crippen LogP) is 2.81. The van der Waals surface area contributed by atoms with Crippen molar-refractivity contribution in [2.45, 2.75) is 46.1 Å². The number of carbonyl (C=O) groups excluding carboxylic acids is 1. The van der Waals surface area contributed by atoms with E-state index in [0.717, 1.165) is 24.9 Å². The molecule has 18 heavy (non-hydrogen) atoms. The van der Waals surface area contributed by atoms with E-state index in [9.17, 15) is 4.79 Å². The van der Waals surface area contributed by atoms with Gasteiger partial charge in [-0.1, -0.05) is 26.8 Å². The summed E-state index contributed by atoms with van der Waals surface area (Å²) >= 11 is 0. The van der Waals surface area contributed by atoms with Gasteiger partial charge in [0, 0.05) is 11.1 Å². The molecule has 0 fully saturated rings. The lowest BCUT2D eigenvalue weighted by Crippen LogP contribution is -2.38. The van der Waals surface area contributed by atoms with E-state index < -0.39 is 0 Å². The number of fused-ring (bicyclic) bond motifs is 1. The summed E-state index contributed by atoms with van der Waals surface area (Å²) in [5.41, 5.74) is 8.79. The van der Waals surface area contributed by atoms with Gasteiger partial charge >= 0.3 is 0 Å². The number of nitrogens with two attached hydrogens (primary N) is 1. The molecule has 0 aromatic heterocycles. The van der Waals surface area contributed by atoms with Crippen LogP contribution in [0.2, 0.25) is 0 Å². The summed E-state index contributed by atoms with van der Waals surface area (Å²) in [7, 11) is 0. The number of carbonyl (C=O) groups is 1. The molecule has 3 heteroatoms. The monoisotopic (exact) mass is 246 g/mol. The summed E-state index contributed by atoms with van der Waals surface area (Å²) < 4.78 is 0. The van der Waals surface area contributed by atoms with Crippen LogP contribution in [-0.4, -0.2) is 5.91 Å². The van der Waals surface area contributed by atoms with Gasteiger partial charge in [-0.3, -0.25) is 4.79 Å². The van der Waals surface area contributed by atoms with Gasteiger partial charge in [0.05, 0.1) is 6.04 Å². The molecule has 1 aromatic carbocycles. The summed E-state index contributed by atoms with van der Waals surface area (Å²) in [5.74, 6) is 0.139. The van der Waals surface area contributed by atoms with E-state index in [-0.39, 0.29) is 17.4 Å². The molecule has 1 atom stereocenters. The molecule has 0 aliphatic heterocycles. The fourth-order valence-electron chi connectivity index (χ4n) is 2.30. The molecule has 0 saturated carbocycles. The molecule has 1 aliphatic rings. The molecule has 1 aromatic rings. The third-order valence-corrected chi connectivity index (χ3v) is 4.05. The van der Waals surface area contributed by atoms with Crippen molar-refractivity contribution in [2.24, 2.45) is 5.41 Å². The maximum Gasteiger partial charge on any atom is 0.226 e. The number of amides is 1. The van der Waals surface area contributed by atoms with Crippen molar-refractivity contribution in [1.82, 2.24) is 5.32 Å². The minimum absolute atomic E-state index is 0.139. The van der Waals surface area contributed by atoms with Crippen molar-refractivity contribution in [2.75, 3.05) is 5.73 Å². The van der Waals surface area contributed by atoms with E-state index in [2.05, 4.69) is 5.32 Å². The highest BCUT2D eigenvalue weighted by Crippen LogP contribution is 2.33. The number of aryl methyl sites for hydroxylation is 1. The van der Waals surface area contributed by atoms with E-state index in [1.54, 1.807) is 0 Å². The highest BCUT2D eigenvalue weighted by Gasteiger charge is 2.30. The zero-order valence-corrected chi connectivity index (χ0v) is 11.4. The first kappa shape index (κ1) is 12.9. The van der Waals surface area contributed by atoms with E-state index >= 15 is 0 Å². The van der Waals surface area contributed by atoms with Crippen LogP contribution in [0.1, 0.15) is 50.8 Å². The van der Waals surface area contributed by atoms with Gasteiger partial charge in [-0.2, -0.15) is 0 Å². The van der Waals surface area contributed by atoms with Crippen molar-refractivity contribution < 1.29 is 4.79 Å². The van der Waals surface area contributed by atoms with Gasteiger partial charge in [0.25, 0.3) is 0 Å². The Balaban J connectivity index is 2.13. The smallest absolute Gasteiger partial charge is 0.226 e. The number of anilines is 1. The summed E-state index contributed by atoms with van der Waals surface area (Å²) in [5, 5.41) is 3.17. The van der Waals surface area contributed by atoms with Crippen LogP contribution in [0, 0.1) is 5.41 Å².